The summed E-state index contributed by atoms with van der Waals surface area (Å²) < 4.78 is 30.6. The predicted octanol–water partition coefficient (Wildman–Crippen LogP) is 3.41. The standard InChI is InChI=1S/C21H19FO6S/c1-13(23)27-21-18(28-20(25)15-10-6-3-7-11-15)17(22)16(29-21)12-26-19(24)14-8-4-2-5-9-14/h2-11,16-18,21H,12H2,1H3/t16-,17-,18-,21?/m1/s1. The lowest BCUT2D eigenvalue weighted by molar-refractivity contribution is -0.147. The van der Waals surface area contributed by atoms with Crippen LogP contribution in [0.4, 0.5) is 4.39 Å². The van der Waals surface area contributed by atoms with Gasteiger partial charge in [-0.2, -0.15) is 0 Å². The van der Waals surface area contributed by atoms with E-state index in [0.29, 0.717) is 5.56 Å². The van der Waals surface area contributed by atoms with Gasteiger partial charge in [0.1, 0.15) is 6.61 Å². The van der Waals surface area contributed by atoms with E-state index in [4.69, 9.17) is 14.2 Å². The number of benzene rings is 2. The zero-order valence-corrected chi connectivity index (χ0v) is 16.3. The Labute approximate surface area is 171 Å². The fourth-order valence-corrected chi connectivity index (χ4v) is 4.13. The summed E-state index contributed by atoms with van der Waals surface area (Å²) in [6.45, 7) is 0.934. The molecule has 0 saturated carbocycles. The summed E-state index contributed by atoms with van der Waals surface area (Å²) in [6.07, 6.45) is -2.99. The van der Waals surface area contributed by atoms with Gasteiger partial charge in [-0.05, 0) is 24.3 Å². The number of halogens is 1. The second-order valence-corrected chi connectivity index (χ2v) is 7.64. The van der Waals surface area contributed by atoms with Gasteiger partial charge in [-0.3, -0.25) is 4.79 Å². The highest BCUT2D eigenvalue weighted by molar-refractivity contribution is 8.00. The average molecular weight is 418 g/mol. The number of carbonyl (C=O) groups is 3. The molecule has 2 aromatic rings. The molecular formula is C21H19FO6S. The van der Waals surface area contributed by atoms with Crippen molar-refractivity contribution in [1.82, 2.24) is 0 Å². The van der Waals surface area contributed by atoms with Crippen molar-refractivity contribution in [3.8, 4) is 0 Å². The number of esters is 3. The maximum atomic E-state index is 15.0. The van der Waals surface area contributed by atoms with Gasteiger partial charge in [0.15, 0.2) is 17.7 Å². The quantitative estimate of drug-likeness (QED) is 0.525. The minimum absolute atomic E-state index is 0.253. The smallest absolute Gasteiger partial charge is 0.338 e. The minimum Gasteiger partial charge on any atom is -0.461 e. The first kappa shape index (κ1) is 20.9. The Morgan fingerprint density at radius 3 is 2.00 bits per heavy atom. The first-order chi connectivity index (χ1) is 14.0. The van der Waals surface area contributed by atoms with Crippen molar-refractivity contribution in [2.75, 3.05) is 6.61 Å². The Hall–Kier alpha value is -2.87. The summed E-state index contributed by atoms with van der Waals surface area (Å²) in [5.74, 6) is -1.94. The van der Waals surface area contributed by atoms with E-state index < -0.39 is 40.9 Å². The van der Waals surface area contributed by atoms with Crippen LogP contribution in [0.1, 0.15) is 27.6 Å². The van der Waals surface area contributed by atoms with Gasteiger partial charge in [0.2, 0.25) is 0 Å². The molecule has 1 unspecified atom stereocenters. The highest BCUT2D eigenvalue weighted by Gasteiger charge is 2.49. The Bertz CT molecular complexity index is 860. The summed E-state index contributed by atoms with van der Waals surface area (Å²) in [6, 6.07) is 16.4. The molecule has 8 heteroatoms. The van der Waals surface area contributed by atoms with Crippen molar-refractivity contribution in [2.45, 2.75) is 29.9 Å². The molecule has 1 aliphatic heterocycles. The van der Waals surface area contributed by atoms with Gasteiger partial charge in [-0.1, -0.05) is 36.4 Å². The molecule has 1 aliphatic rings. The van der Waals surface area contributed by atoms with Crippen LogP contribution in [0.25, 0.3) is 0 Å². The van der Waals surface area contributed by atoms with Gasteiger partial charge in [-0.25, -0.2) is 14.0 Å². The molecule has 0 bridgehead atoms. The Morgan fingerprint density at radius 2 is 1.45 bits per heavy atom. The number of rotatable bonds is 6. The van der Waals surface area contributed by atoms with Crippen LogP contribution < -0.4 is 0 Å². The van der Waals surface area contributed by atoms with Crippen LogP contribution in [0.5, 0.6) is 0 Å². The van der Waals surface area contributed by atoms with Crippen LogP contribution in [0.2, 0.25) is 0 Å². The highest BCUT2D eigenvalue weighted by Crippen LogP contribution is 2.39. The molecule has 0 amide bonds. The first-order valence-electron chi connectivity index (χ1n) is 8.90. The minimum atomic E-state index is -1.68. The zero-order valence-electron chi connectivity index (χ0n) is 15.5. The van der Waals surface area contributed by atoms with Crippen molar-refractivity contribution in [3.05, 3.63) is 71.8 Å². The lowest BCUT2D eigenvalue weighted by Gasteiger charge is -2.20. The van der Waals surface area contributed by atoms with Crippen molar-refractivity contribution in [1.29, 1.82) is 0 Å². The van der Waals surface area contributed by atoms with Gasteiger partial charge >= 0.3 is 17.9 Å². The zero-order chi connectivity index (χ0) is 20.8. The molecule has 152 valence electrons. The molecule has 29 heavy (non-hydrogen) atoms. The Kier molecular flexibility index (Phi) is 6.87. The number of ether oxygens (including phenoxy) is 3. The van der Waals surface area contributed by atoms with E-state index in [0.717, 1.165) is 11.8 Å². The van der Waals surface area contributed by atoms with Crippen molar-refractivity contribution >= 4 is 29.7 Å². The maximum Gasteiger partial charge on any atom is 0.338 e. The Balaban J connectivity index is 1.66. The topological polar surface area (TPSA) is 78.9 Å². The van der Waals surface area contributed by atoms with Crippen molar-refractivity contribution in [2.24, 2.45) is 0 Å². The maximum absolute atomic E-state index is 15.0. The van der Waals surface area contributed by atoms with E-state index in [1.165, 1.54) is 19.1 Å². The van der Waals surface area contributed by atoms with E-state index in [-0.39, 0.29) is 12.2 Å². The summed E-state index contributed by atoms with van der Waals surface area (Å²) in [4.78, 5) is 35.8. The molecule has 1 fully saturated rings. The Morgan fingerprint density at radius 1 is 0.897 bits per heavy atom. The molecule has 0 aromatic heterocycles. The van der Waals surface area contributed by atoms with Crippen LogP contribution in [-0.4, -0.2) is 47.5 Å². The van der Waals surface area contributed by atoms with Crippen molar-refractivity contribution < 1.29 is 33.0 Å². The molecule has 1 heterocycles. The van der Waals surface area contributed by atoms with Crippen LogP contribution in [-0.2, 0) is 19.0 Å². The second-order valence-electron chi connectivity index (χ2n) is 6.30. The molecule has 0 N–H and O–H groups in total. The van der Waals surface area contributed by atoms with Gasteiger partial charge in [0.05, 0.1) is 16.4 Å². The third-order valence-corrected chi connectivity index (χ3v) is 5.55. The highest BCUT2D eigenvalue weighted by atomic mass is 32.2. The number of alkyl halides is 1. The monoisotopic (exact) mass is 418 g/mol. The molecule has 0 radical (unpaired) electrons. The van der Waals surface area contributed by atoms with Crippen LogP contribution in [0, 0.1) is 0 Å². The second kappa shape index (κ2) is 9.56. The summed E-state index contributed by atoms with van der Waals surface area (Å²) in [5.41, 5.74) is -0.435. The van der Waals surface area contributed by atoms with E-state index in [1.807, 2.05) is 0 Å². The molecule has 4 atom stereocenters. The van der Waals surface area contributed by atoms with E-state index in [9.17, 15) is 14.4 Å². The number of carbonyl (C=O) groups excluding carboxylic acids is 3. The fraction of sp³-hybridized carbons (Fsp3) is 0.286. The summed E-state index contributed by atoms with van der Waals surface area (Å²) in [7, 11) is 0. The molecule has 3 rings (SSSR count). The van der Waals surface area contributed by atoms with Crippen LogP contribution in [0.3, 0.4) is 0 Å². The van der Waals surface area contributed by atoms with Crippen molar-refractivity contribution in [3.63, 3.8) is 0 Å². The van der Waals surface area contributed by atoms with Gasteiger partial charge in [0.25, 0.3) is 0 Å². The SMILES string of the molecule is CC(=O)OC1S[C@H](COC(=O)c2ccccc2)[C@@H](F)[C@H]1OC(=O)c1ccccc1. The van der Waals surface area contributed by atoms with Gasteiger partial charge in [0, 0.05) is 6.92 Å². The summed E-state index contributed by atoms with van der Waals surface area (Å²) in [5, 5.41) is -0.847. The van der Waals surface area contributed by atoms with Gasteiger partial charge < -0.3 is 14.2 Å². The molecule has 1 saturated heterocycles. The van der Waals surface area contributed by atoms with E-state index in [1.54, 1.807) is 48.5 Å². The molecule has 0 aliphatic carbocycles. The summed E-state index contributed by atoms with van der Waals surface area (Å²) >= 11 is 0.957. The predicted molar refractivity (Wildman–Crippen MR) is 104 cm³/mol. The van der Waals surface area contributed by atoms with Crippen LogP contribution >= 0.6 is 11.8 Å². The largest absolute Gasteiger partial charge is 0.461 e. The lowest BCUT2D eigenvalue weighted by Crippen LogP contribution is -2.37. The van der Waals surface area contributed by atoms with E-state index >= 15 is 4.39 Å². The number of hydrogen-bond donors (Lipinski definition) is 0. The van der Waals surface area contributed by atoms with E-state index in [2.05, 4.69) is 0 Å². The fourth-order valence-electron chi connectivity index (χ4n) is 2.78. The third kappa shape index (κ3) is 5.35. The lowest BCUT2D eigenvalue weighted by atomic mass is 10.1. The number of hydrogen-bond acceptors (Lipinski definition) is 7. The van der Waals surface area contributed by atoms with Crippen LogP contribution in [0.15, 0.2) is 60.7 Å². The number of thioether (sulfide) groups is 1. The molecule has 0 spiro atoms. The van der Waals surface area contributed by atoms with Gasteiger partial charge in [-0.15, -0.1) is 11.8 Å². The molecule has 6 nitrogen and oxygen atoms in total. The molecular weight excluding hydrogens is 399 g/mol. The molecule has 2 aromatic carbocycles. The average Bonchev–Trinajstić information content (AvgIpc) is 3.01. The normalized spacial score (nSPS) is 23.2. The first-order valence-corrected chi connectivity index (χ1v) is 9.85. The third-order valence-electron chi connectivity index (χ3n) is 4.17.